The minimum Gasteiger partial charge on any atom is -0.390 e. The molecule has 0 saturated carbocycles. The zero-order chi connectivity index (χ0) is 11.6. The summed E-state index contributed by atoms with van der Waals surface area (Å²) in [6.45, 7) is 3.73. The molecule has 0 aromatic carbocycles. The molecule has 2 N–H and O–H groups in total. The fourth-order valence-electron chi connectivity index (χ4n) is 1.68. The van der Waals surface area contributed by atoms with E-state index in [0.29, 0.717) is 11.8 Å². The van der Waals surface area contributed by atoms with Gasteiger partial charge in [0.1, 0.15) is 6.10 Å². The molecule has 0 aliphatic carbocycles. The minimum absolute atomic E-state index is 0.523. The van der Waals surface area contributed by atoms with Gasteiger partial charge >= 0.3 is 0 Å². The summed E-state index contributed by atoms with van der Waals surface area (Å²) >= 11 is 3.24. The Morgan fingerprint density at radius 3 is 2.40 bits per heavy atom. The monoisotopic (exact) mass is 276 g/mol. The topological polar surface area (TPSA) is 58.3 Å². The highest BCUT2D eigenvalue weighted by Gasteiger charge is 2.24. The van der Waals surface area contributed by atoms with E-state index in [1.807, 2.05) is 20.9 Å². The summed E-state index contributed by atoms with van der Waals surface area (Å²) in [6.07, 6.45) is -1.07. The van der Waals surface area contributed by atoms with Gasteiger partial charge in [-0.15, -0.1) is 0 Å². The van der Waals surface area contributed by atoms with E-state index in [4.69, 9.17) is 0 Å². The lowest BCUT2D eigenvalue weighted by Crippen LogP contribution is -2.19. The Hall–Kier alpha value is -0.390. The van der Waals surface area contributed by atoms with Crippen LogP contribution < -0.4 is 0 Å². The van der Waals surface area contributed by atoms with Crippen molar-refractivity contribution in [1.29, 1.82) is 0 Å². The van der Waals surface area contributed by atoms with E-state index >= 15 is 0 Å². The maximum Gasteiger partial charge on any atom is 0.108 e. The first-order valence-corrected chi connectivity index (χ1v) is 6.03. The van der Waals surface area contributed by atoms with E-state index in [1.54, 1.807) is 4.68 Å². The molecule has 2 atom stereocenters. The Balaban J connectivity index is 2.94. The Labute approximate surface area is 98.0 Å². The smallest absolute Gasteiger partial charge is 0.108 e. The predicted octanol–water partition coefficient (Wildman–Crippen LogP) is 1.22. The van der Waals surface area contributed by atoms with E-state index in [0.717, 1.165) is 17.0 Å². The highest BCUT2D eigenvalue weighted by Crippen LogP contribution is 2.25. The van der Waals surface area contributed by atoms with Crippen LogP contribution in [0.1, 0.15) is 29.5 Å². The highest BCUT2D eigenvalue weighted by atomic mass is 79.9. The number of nitrogens with zero attached hydrogens (tertiary/aromatic N) is 2. The average Bonchev–Trinajstić information content (AvgIpc) is 2.41. The Morgan fingerprint density at radius 1 is 1.40 bits per heavy atom. The van der Waals surface area contributed by atoms with Crippen molar-refractivity contribution in [3.05, 3.63) is 17.0 Å². The molecule has 4 nitrogen and oxygen atoms in total. The van der Waals surface area contributed by atoms with Crippen molar-refractivity contribution in [3.8, 4) is 0 Å². The maximum absolute atomic E-state index is 9.97. The van der Waals surface area contributed by atoms with E-state index in [-0.39, 0.29) is 0 Å². The Kier molecular flexibility index (Phi) is 4.31. The van der Waals surface area contributed by atoms with Gasteiger partial charge in [-0.25, -0.2) is 0 Å². The van der Waals surface area contributed by atoms with E-state index in [2.05, 4.69) is 21.0 Å². The molecule has 0 spiro atoms. The Bertz CT molecular complexity index is 338. The van der Waals surface area contributed by atoms with Crippen LogP contribution in [0.2, 0.25) is 0 Å². The number of hydrogen-bond donors (Lipinski definition) is 2. The zero-order valence-corrected chi connectivity index (χ0v) is 10.8. The number of aryl methyl sites for hydroxylation is 2. The molecule has 1 aromatic heterocycles. The fraction of sp³-hybridized carbons (Fsp3) is 0.700. The van der Waals surface area contributed by atoms with Crippen molar-refractivity contribution < 1.29 is 10.2 Å². The van der Waals surface area contributed by atoms with Gasteiger partial charge in [0.05, 0.1) is 11.8 Å². The number of aliphatic hydroxyl groups is 2. The molecule has 0 amide bonds. The zero-order valence-electron chi connectivity index (χ0n) is 9.24. The summed E-state index contributed by atoms with van der Waals surface area (Å²) in [4.78, 5) is 0. The van der Waals surface area contributed by atoms with Crippen LogP contribution >= 0.6 is 15.9 Å². The lowest BCUT2D eigenvalue weighted by Gasteiger charge is -2.17. The van der Waals surface area contributed by atoms with Crippen LogP contribution in [0.15, 0.2) is 0 Å². The second-order valence-electron chi connectivity index (χ2n) is 3.70. The lowest BCUT2D eigenvalue weighted by atomic mass is 10.0. The van der Waals surface area contributed by atoms with Crippen LogP contribution in [-0.4, -0.2) is 31.4 Å². The third-order valence-corrected chi connectivity index (χ3v) is 3.09. The summed E-state index contributed by atoms with van der Waals surface area (Å²) in [5, 5.41) is 24.6. The average molecular weight is 277 g/mol. The molecular formula is C10H17BrN2O2. The molecule has 1 heterocycles. The van der Waals surface area contributed by atoms with Gasteiger partial charge in [-0.1, -0.05) is 15.9 Å². The van der Waals surface area contributed by atoms with Crippen LogP contribution in [0.25, 0.3) is 0 Å². The number of aromatic nitrogens is 2. The quantitative estimate of drug-likeness (QED) is 0.813. The second kappa shape index (κ2) is 5.09. The molecule has 5 heteroatoms. The van der Waals surface area contributed by atoms with Crippen molar-refractivity contribution in [3.63, 3.8) is 0 Å². The molecule has 0 fully saturated rings. The molecule has 0 saturated heterocycles. The molecule has 0 radical (unpaired) electrons. The number of halogens is 1. The summed E-state index contributed by atoms with van der Waals surface area (Å²) in [7, 11) is 1.83. The van der Waals surface area contributed by atoms with Crippen LogP contribution in [0, 0.1) is 13.8 Å². The van der Waals surface area contributed by atoms with Crippen LogP contribution in [-0.2, 0) is 7.05 Å². The van der Waals surface area contributed by atoms with Crippen molar-refractivity contribution in [2.75, 3.05) is 5.33 Å². The molecular weight excluding hydrogens is 260 g/mol. The predicted molar refractivity (Wildman–Crippen MR) is 62.1 cm³/mol. The number of hydrogen-bond acceptors (Lipinski definition) is 3. The first-order valence-electron chi connectivity index (χ1n) is 4.91. The van der Waals surface area contributed by atoms with E-state index < -0.39 is 12.2 Å². The summed E-state index contributed by atoms with van der Waals surface area (Å²) < 4.78 is 1.72. The van der Waals surface area contributed by atoms with Gasteiger partial charge in [0.25, 0.3) is 0 Å². The summed E-state index contributed by atoms with van der Waals surface area (Å²) in [6, 6.07) is 0. The minimum atomic E-state index is -0.851. The molecule has 2 unspecified atom stereocenters. The molecule has 86 valence electrons. The first-order chi connectivity index (χ1) is 6.99. The van der Waals surface area contributed by atoms with Crippen molar-refractivity contribution in [1.82, 2.24) is 9.78 Å². The van der Waals surface area contributed by atoms with Gasteiger partial charge < -0.3 is 10.2 Å². The van der Waals surface area contributed by atoms with Crippen LogP contribution in [0.5, 0.6) is 0 Å². The van der Waals surface area contributed by atoms with Gasteiger partial charge in [0.2, 0.25) is 0 Å². The summed E-state index contributed by atoms with van der Waals surface area (Å²) in [5.41, 5.74) is 2.41. The van der Waals surface area contributed by atoms with Gasteiger partial charge in [-0.2, -0.15) is 5.10 Å². The number of rotatable bonds is 4. The van der Waals surface area contributed by atoms with Crippen molar-refractivity contribution in [2.45, 2.75) is 32.5 Å². The molecule has 1 aromatic rings. The van der Waals surface area contributed by atoms with Crippen LogP contribution in [0.4, 0.5) is 0 Å². The Morgan fingerprint density at radius 2 is 2.00 bits per heavy atom. The van der Waals surface area contributed by atoms with E-state index in [1.165, 1.54) is 0 Å². The third kappa shape index (κ3) is 2.59. The largest absolute Gasteiger partial charge is 0.390 e. The SMILES string of the molecule is Cc1nn(C)c(C)c1C(O)C(O)CCBr. The number of alkyl halides is 1. The van der Waals surface area contributed by atoms with Gasteiger partial charge in [-0.05, 0) is 20.3 Å². The maximum atomic E-state index is 9.97. The molecule has 0 aliphatic heterocycles. The number of aliphatic hydroxyl groups excluding tert-OH is 2. The fourth-order valence-corrected chi connectivity index (χ4v) is 2.15. The standard InChI is InChI=1S/C10H17BrN2O2/c1-6-9(7(2)13(3)12-6)10(15)8(14)4-5-11/h8,10,14-15H,4-5H2,1-3H3. The normalized spacial score (nSPS) is 15.3. The second-order valence-corrected chi connectivity index (χ2v) is 4.49. The lowest BCUT2D eigenvalue weighted by molar-refractivity contribution is 0.0166. The first kappa shape index (κ1) is 12.7. The van der Waals surface area contributed by atoms with Gasteiger partial charge in [0, 0.05) is 23.6 Å². The highest BCUT2D eigenvalue weighted by molar-refractivity contribution is 9.09. The third-order valence-electron chi connectivity index (χ3n) is 2.63. The van der Waals surface area contributed by atoms with Gasteiger partial charge in [0.15, 0.2) is 0 Å². The molecule has 15 heavy (non-hydrogen) atoms. The van der Waals surface area contributed by atoms with Gasteiger partial charge in [-0.3, -0.25) is 4.68 Å². The molecule has 1 rings (SSSR count). The summed E-state index contributed by atoms with van der Waals surface area (Å²) in [5.74, 6) is 0. The molecule has 0 aliphatic rings. The molecule has 0 bridgehead atoms. The van der Waals surface area contributed by atoms with E-state index in [9.17, 15) is 10.2 Å². The van der Waals surface area contributed by atoms with Crippen LogP contribution in [0.3, 0.4) is 0 Å². The van der Waals surface area contributed by atoms with Crippen molar-refractivity contribution in [2.24, 2.45) is 7.05 Å². The van der Waals surface area contributed by atoms with Crippen molar-refractivity contribution >= 4 is 15.9 Å².